The van der Waals surface area contributed by atoms with E-state index >= 15 is 0 Å². The smallest absolute Gasteiger partial charge is 0.277 e. The van der Waals surface area contributed by atoms with Gasteiger partial charge in [0.15, 0.2) is 11.5 Å². The number of rotatable bonds is 11. The van der Waals surface area contributed by atoms with Crippen molar-refractivity contribution in [1.82, 2.24) is 15.5 Å². The highest BCUT2D eigenvalue weighted by Crippen LogP contribution is 2.38. The first-order valence-electron chi connectivity index (χ1n) is 9.95. The van der Waals surface area contributed by atoms with E-state index in [4.69, 9.17) is 23.4 Å². The van der Waals surface area contributed by atoms with Gasteiger partial charge in [-0.05, 0) is 24.3 Å². The minimum absolute atomic E-state index is 0.00351. The van der Waals surface area contributed by atoms with Gasteiger partial charge < -0.3 is 34.0 Å². The number of aromatic nitrogens is 2. The van der Waals surface area contributed by atoms with Crippen LogP contribution in [0.5, 0.6) is 23.0 Å². The van der Waals surface area contributed by atoms with Gasteiger partial charge in [0.25, 0.3) is 11.1 Å². The number of benzene rings is 2. The SMILES string of the molecule is COc1ccccc1NC(=O)CSc1nnc(CNC(=O)c2cc(OC)c(OC)c(OC)c2)o1. The predicted molar refractivity (Wildman–Crippen MR) is 124 cm³/mol. The first-order chi connectivity index (χ1) is 16.5. The van der Waals surface area contributed by atoms with Crippen molar-refractivity contribution in [1.29, 1.82) is 0 Å². The number of para-hydroxylation sites is 2. The van der Waals surface area contributed by atoms with Crippen molar-refractivity contribution >= 4 is 29.3 Å². The molecule has 0 saturated carbocycles. The zero-order chi connectivity index (χ0) is 24.5. The summed E-state index contributed by atoms with van der Waals surface area (Å²) in [6, 6.07) is 10.2. The molecule has 0 spiro atoms. The normalized spacial score (nSPS) is 10.4. The Hall–Kier alpha value is -3.93. The quantitative estimate of drug-likeness (QED) is 0.388. The number of hydrogen-bond donors (Lipinski definition) is 2. The average Bonchev–Trinajstić information content (AvgIpc) is 3.33. The third-order valence-corrected chi connectivity index (χ3v) is 5.30. The Balaban J connectivity index is 1.54. The average molecular weight is 489 g/mol. The number of hydrogen-bond acceptors (Lipinski definition) is 10. The molecule has 2 amide bonds. The standard InChI is InChI=1S/C22H24N4O7S/c1-29-15-8-6-5-7-14(15)24-18(27)12-34-22-26-25-19(33-22)11-23-21(28)13-9-16(30-2)20(32-4)17(10-13)31-3/h5-10H,11-12H2,1-4H3,(H,23,28)(H,24,27). The molecule has 2 aromatic carbocycles. The number of thioether (sulfide) groups is 1. The zero-order valence-corrected chi connectivity index (χ0v) is 19.9. The molecule has 0 radical (unpaired) electrons. The van der Waals surface area contributed by atoms with Crippen molar-refractivity contribution < 1.29 is 33.0 Å². The molecule has 1 heterocycles. The molecule has 0 saturated heterocycles. The molecule has 180 valence electrons. The molecule has 11 nitrogen and oxygen atoms in total. The molecule has 0 aliphatic rings. The fourth-order valence-corrected chi connectivity index (χ4v) is 3.48. The van der Waals surface area contributed by atoms with Gasteiger partial charge in [-0.3, -0.25) is 9.59 Å². The van der Waals surface area contributed by atoms with Gasteiger partial charge in [0.05, 0.1) is 46.4 Å². The topological polar surface area (TPSA) is 134 Å². The number of carbonyl (C=O) groups is 2. The van der Waals surface area contributed by atoms with E-state index in [1.807, 2.05) is 6.07 Å². The van der Waals surface area contributed by atoms with Gasteiger partial charge in [-0.25, -0.2) is 0 Å². The van der Waals surface area contributed by atoms with Crippen LogP contribution in [0.3, 0.4) is 0 Å². The summed E-state index contributed by atoms with van der Waals surface area (Å²) < 4.78 is 26.5. The van der Waals surface area contributed by atoms with Crippen LogP contribution in [0.2, 0.25) is 0 Å². The second kappa shape index (κ2) is 11.8. The minimum Gasteiger partial charge on any atom is -0.495 e. The van der Waals surface area contributed by atoms with Gasteiger partial charge in [-0.1, -0.05) is 23.9 Å². The van der Waals surface area contributed by atoms with Gasteiger partial charge in [0.2, 0.25) is 17.5 Å². The molecular weight excluding hydrogens is 464 g/mol. The molecule has 12 heteroatoms. The molecule has 1 aromatic heterocycles. The second-order valence-corrected chi connectivity index (χ2v) is 7.52. The Morgan fingerprint density at radius 1 is 0.941 bits per heavy atom. The van der Waals surface area contributed by atoms with E-state index in [1.54, 1.807) is 18.2 Å². The van der Waals surface area contributed by atoms with Gasteiger partial charge in [0, 0.05) is 5.56 Å². The van der Waals surface area contributed by atoms with Crippen LogP contribution in [0.15, 0.2) is 46.0 Å². The summed E-state index contributed by atoms with van der Waals surface area (Å²) in [5.74, 6) is 1.24. The van der Waals surface area contributed by atoms with Gasteiger partial charge in [0.1, 0.15) is 5.75 Å². The molecule has 0 bridgehead atoms. The van der Waals surface area contributed by atoms with Crippen molar-refractivity contribution in [2.75, 3.05) is 39.5 Å². The maximum absolute atomic E-state index is 12.6. The predicted octanol–water partition coefficient (Wildman–Crippen LogP) is 2.76. The lowest BCUT2D eigenvalue weighted by molar-refractivity contribution is -0.113. The number of anilines is 1. The maximum Gasteiger partial charge on any atom is 0.277 e. The summed E-state index contributed by atoms with van der Waals surface area (Å²) in [5, 5.41) is 13.4. The summed E-state index contributed by atoms with van der Waals surface area (Å²) in [6.45, 7) is -0.00351. The molecule has 0 aliphatic carbocycles. The van der Waals surface area contributed by atoms with E-state index in [2.05, 4.69) is 20.8 Å². The molecule has 0 atom stereocenters. The third-order valence-electron chi connectivity index (χ3n) is 4.48. The molecule has 0 aliphatic heterocycles. The van der Waals surface area contributed by atoms with Crippen molar-refractivity contribution in [3.8, 4) is 23.0 Å². The first kappa shape index (κ1) is 24.7. The summed E-state index contributed by atoms with van der Waals surface area (Å²) in [6.07, 6.45) is 0. The molecule has 3 aromatic rings. The Morgan fingerprint density at radius 3 is 2.26 bits per heavy atom. The van der Waals surface area contributed by atoms with Gasteiger partial charge in [-0.2, -0.15) is 0 Å². The minimum atomic E-state index is -0.400. The number of amides is 2. The Bertz CT molecular complexity index is 1130. The van der Waals surface area contributed by atoms with Crippen LogP contribution in [0.1, 0.15) is 16.2 Å². The highest BCUT2D eigenvalue weighted by molar-refractivity contribution is 7.99. The third kappa shape index (κ3) is 6.10. The molecule has 0 unspecified atom stereocenters. The lowest BCUT2D eigenvalue weighted by Crippen LogP contribution is -2.23. The highest BCUT2D eigenvalue weighted by atomic mass is 32.2. The van der Waals surface area contributed by atoms with Crippen LogP contribution in [0.4, 0.5) is 5.69 Å². The van der Waals surface area contributed by atoms with Crippen LogP contribution in [-0.2, 0) is 11.3 Å². The van der Waals surface area contributed by atoms with Crippen molar-refractivity contribution in [3.63, 3.8) is 0 Å². The van der Waals surface area contributed by atoms with Gasteiger partial charge >= 0.3 is 0 Å². The Labute approximate surface area is 200 Å². The van der Waals surface area contributed by atoms with E-state index in [9.17, 15) is 9.59 Å². The zero-order valence-electron chi connectivity index (χ0n) is 19.0. The molecule has 34 heavy (non-hydrogen) atoms. The largest absolute Gasteiger partial charge is 0.495 e. The van der Waals surface area contributed by atoms with E-state index in [1.165, 1.54) is 40.6 Å². The molecule has 3 rings (SSSR count). The number of methoxy groups -OCH3 is 4. The molecule has 2 N–H and O–H groups in total. The fraction of sp³-hybridized carbons (Fsp3) is 0.273. The Morgan fingerprint density at radius 2 is 1.62 bits per heavy atom. The molecule has 0 fully saturated rings. The lowest BCUT2D eigenvalue weighted by Gasteiger charge is -2.13. The number of nitrogens with zero attached hydrogens (tertiary/aromatic N) is 2. The monoisotopic (exact) mass is 488 g/mol. The van der Waals surface area contributed by atoms with E-state index in [-0.39, 0.29) is 29.3 Å². The molecular formula is C22H24N4O7S. The van der Waals surface area contributed by atoms with Crippen LogP contribution in [-0.4, -0.2) is 56.2 Å². The second-order valence-electron chi connectivity index (χ2n) is 6.60. The van der Waals surface area contributed by atoms with Crippen LogP contribution < -0.4 is 29.6 Å². The number of ether oxygens (including phenoxy) is 4. The van der Waals surface area contributed by atoms with Gasteiger partial charge in [-0.15, -0.1) is 10.2 Å². The van der Waals surface area contributed by atoms with Crippen LogP contribution in [0.25, 0.3) is 0 Å². The van der Waals surface area contributed by atoms with Crippen LogP contribution >= 0.6 is 11.8 Å². The van der Waals surface area contributed by atoms with Crippen LogP contribution in [0, 0.1) is 0 Å². The maximum atomic E-state index is 12.6. The summed E-state index contributed by atoms with van der Waals surface area (Å²) >= 11 is 1.07. The number of nitrogens with one attached hydrogen (secondary N) is 2. The number of carbonyl (C=O) groups excluding carboxylic acids is 2. The first-order valence-corrected chi connectivity index (χ1v) is 10.9. The summed E-state index contributed by atoms with van der Waals surface area (Å²) in [7, 11) is 5.94. The van der Waals surface area contributed by atoms with Crippen molar-refractivity contribution in [2.45, 2.75) is 11.8 Å². The fourth-order valence-electron chi connectivity index (χ4n) is 2.90. The summed E-state index contributed by atoms with van der Waals surface area (Å²) in [5.41, 5.74) is 0.868. The lowest BCUT2D eigenvalue weighted by atomic mass is 10.1. The van der Waals surface area contributed by atoms with E-state index in [0.717, 1.165) is 11.8 Å². The highest BCUT2D eigenvalue weighted by Gasteiger charge is 2.18. The van der Waals surface area contributed by atoms with E-state index < -0.39 is 5.91 Å². The van der Waals surface area contributed by atoms with Crippen molar-refractivity contribution in [3.05, 3.63) is 47.9 Å². The summed E-state index contributed by atoms with van der Waals surface area (Å²) in [4.78, 5) is 24.8. The Kier molecular flexibility index (Phi) is 8.57. The van der Waals surface area contributed by atoms with E-state index in [0.29, 0.717) is 34.2 Å². The van der Waals surface area contributed by atoms with Crippen molar-refractivity contribution in [2.24, 2.45) is 0 Å².